The minimum absolute atomic E-state index is 0.516. The number of nitrogens with one attached hydrogen (secondary N) is 2. The molecule has 2 unspecified atom stereocenters. The van der Waals surface area contributed by atoms with Crippen molar-refractivity contribution in [1.29, 1.82) is 0 Å². The highest BCUT2D eigenvalue weighted by Crippen LogP contribution is 2.29. The van der Waals surface area contributed by atoms with E-state index in [0.717, 1.165) is 30.7 Å². The van der Waals surface area contributed by atoms with E-state index in [1.54, 1.807) is 17.7 Å². The molecule has 0 saturated carbocycles. The molecule has 3 heterocycles. The molecule has 1 fully saturated rings. The van der Waals surface area contributed by atoms with Gasteiger partial charge in [-0.1, -0.05) is 0 Å². The van der Waals surface area contributed by atoms with Crippen LogP contribution in [0.4, 0.5) is 5.82 Å². The van der Waals surface area contributed by atoms with Gasteiger partial charge in [-0.05, 0) is 44.2 Å². The van der Waals surface area contributed by atoms with E-state index >= 15 is 0 Å². The first kappa shape index (κ1) is 11.9. The highest BCUT2D eigenvalue weighted by molar-refractivity contribution is 7.18. The Kier molecular flexibility index (Phi) is 3.18. The largest absolute Gasteiger partial charge is 0.366 e. The molecule has 0 aliphatic carbocycles. The van der Waals surface area contributed by atoms with Crippen molar-refractivity contribution in [3.63, 3.8) is 0 Å². The van der Waals surface area contributed by atoms with Gasteiger partial charge in [-0.15, -0.1) is 11.3 Å². The number of aromatic nitrogens is 2. The molecule has 0 amide bonds. The number of fused-ring (bicyclic) bond motifs is 1. The Hall–Kier alpha value is -1.20. The Morgan fingerprint density at radius 1 is 1.44 bits per heavy atom. The molecule has 2 N–H and O–H groups in total. The van der Waals surface area contributed by atoms with Crippen LogP contribution >= 0.6 is 11.3 Å². The topological polar surface area (TPSA) is 49.8 Å². The third-order valence-electron chi connectivity index (χ3n) is 3.50. The number of rotatable bonds is 2. The predicted molar refractivity (Wildman–Crippen MR) is 76.3 cm³/mol. The maximum Gasteiger partial charge on any atom is 0.147 e. The molecular formula is C13H18N4S. The number of anilines is 1. The van der Waals surface area contributed by atoms with Crippen LogP contribution in [0.1, 0.15) is 25.3 Å². The summed E-state index contributed by atoms with van der Waals surface area (Å²) in [4.78, 5) is 8.76. The molecule has 18 heavy (non-hydrogen) atoms. The van der Waals surface area contributed by atoms with Gasteiger partial charge in [0.05, 0.1) is 10.2 Å². The van der Waals surface area contributed by atoms with Crippen LogP contribution in [0, 0.1) is 6.92 Å². The van der Waals surface area contributed by atoms with Gasteiger partial charge in [0.1, 0.15) is 12.1 Å². The zero-order chi connectivity index (χ0) is 12.5. The average Bonchev–Trinajstić information content (AvgIpc) is 2.73. The minimum atomic E-state index is 0.516. The molecule has 4 nitrogen and oxygen atoms in total. The summed E-state index contributed by atoms with van der Waals surface area (Å²) >= 11 is 1.73. The van der Waals surface area contributed by atoms with E-state index in [-0.39, 0.29) is 0 Å². The summed E-state index contributed by atoms with van der Waals surface area (Å²) in [6.45, 7) is 5.41. The van der Waals surface area contributed by atoms with Gasteiger partial charge in [0.15, 0.2) is 0 Å². The second-order valence-electron chi connectivity index (χ2n) is 5.04. The third kappa shape index (κ3) is 2.20. The first-order chi connectivity index (χ1) is 8.74. The lowest BCUT2D eigenvalue weighted by Crippen LogP contribution is -2.41. The Labute approximate surface area is 111 Å². The van der Waals surface area contributed by atoms with E-state index in [9.17, 15) is 0 Å². The van der Waals surface area contributed by atoms with Crippen molar-refractivity contribution in [1.82, 2.24) is 15.3 Å². The van der Waals surface area contributed by atoms with Gasteiger partial charge in [0.25, 0.3) is 0 Å². The Morgan fingerprint density at radius 3 is 3.17 bits per heavy atom. The quantitative estimate of drug-likeness (QED) is 0.873. The molecule has 2 aromatic rings. The SMILES string of the molecule is Cc1csc2c(NC3CCNC(C)C3)ncnc12. The van der Waals surface area contributed by atoms with Gasteiger partial charge in [0, 0.05) is 12.1 Å². The van der Waals surface area contributed by atoms with E-state index in [4.69, 9.17) is 0 Å². The van der Waals surface area contributed by atoms with E-state index in [0.29, 0.717) is 12.1 Å². The number of piperidine rings is 1. The zero-order valence-corrected chi connectivity index (χ0v) is 11.5. The highest BCUT2D eigenvalue weighted by atomic mass is 32.1. The van der Waals surface area contributed by atoms with Gasteiger partial charge < -0.3 is 10.6 Å². The molecule has 2 aromatic heterocycles. The third-order valence-corrected chi connectivity index (χ3v) is 4.59. The molecule has 2 atom stereocenters. The molecule has 0 aromatic carbocycles. The molecule has 1 aliphatic rings. The number of thiophene rings is 1. The lowest BCUT2D eigenvalue weighted by molar-refractivity contribution is 0.396. The Bertz CT molecular complexity index is 551. The zero-order valence-electron chi connectivity index (χ0n) is 10.7. The summed E-state index contributed by atoms with van der Waals surface area (Å²) in [6, 6.07) is 1.10. The minimum Gasteiger partial charge on any atom is -0.366 e. The lowest BCUT2D eigenvalue weighted by Gasteiger charge is -2.29. The summed E-state index contributed by atoms with van der Waals surface area (Å²) in [5, 5.41) is 9.20. The van der Waals surface area contributed by atoms with Crippen LogP contribution in [-0.2, 0) is 0 Å². The number of hydrogen-bond acceptors (Lipinski definition) is 5. The standard InChI is InChI=1S/C13H18N4S/c1-8-6-18-12-11(8)15-7-16-13(12)17-10-3-4-14-9(2)5-10/h6-7,9-10,14H,3-5H2,1-2H3,(H,15,16,17). The summed E-state index contributed by atoms with van der Waals surface area (Å²) in [5.74, 6) is 0.997. The Morgan fingerprint density at radius 2 is 2.33 bits per heavy atom. The van der Waals surface area contributed by atoms with Crippen LogP contribution in [0.2, 0.25) is 0 Å². The highest BCUT2D eigenvalue weighted by Gasteiger charge is 2.19. The van der Waals surface area contributed by atoms with Gasteiger partial charge in [-0.25, -0.2) is 9.97 Å². The molecule has 3 rings (SSSR count). The van der Waals surface area contributed by atoms with Crippen molar-refractivity contribution < 1.29 is 0 Å². The average molecular weight is 262 g/mol. The van der Waals surface area contributed by atoms with Crippen molar-refractivity contribution in [2.24, 2.45) is 0 Å². The van der Waals surface area contributed by atoms with Crippen molar-refractivity contribution >= 4 is 27.4 Å². The van der Waals surface area contributed by atoms with E-state index < -0.39 is 0 Å². The van der Waals surface area contributed by atoms with Gasteiger partial charge in [-0.2, -0.15) is 0 Å². The molecular weight excluding hydrogens is 244 g/mol. The van der Waals surface area contributed by atoms with Crippen LogP contribution < -0.4 is 10.6 Å². The van der Waals surface area contributed by atoms with Crippen LogP contribution in [-0.4, -0.2) is 28.6 Å². The van der Waals surface area contributed by atoms with Crippen molar-refractivity contribution in [3.05, 3.63) is 17.3 Å². The lowest BCUT2D eigenvalue weighted by atomic mass is 10.0. The summed E-state index contributed by atoms with van der Waals surface area (Å²) < 4.78 is 1.18. The fraction of sp³-hybridized carbons (Fsp3) is 0.538. The van der Waals surface area contributed by atoms with E-state index in [1.165, 1.54) is 10.3 Å². The molecule has 1 aliphatic heterocycles. The van der Waals surface area contributed by atoms with Gasteiger partial charge in [-0.3, -0.25) is 0 Å². The molecule has 0 bridgehead atoms. The van der Waals surface area contributed by atoms with Gasteiger partial charge >= 0.3 is 0 Å². The second kappa shape index (κ2) is 4.82. The fourth-order valence-electron chi connectivity index (χ4n) is 2.53. The van der Waals surface area contributed by atoms with Crippen LogP contribution in [0.5, 0.6) is 0 Å². The maximum atomic E-state index is 4.41. The second-order valence-corrected chi connectivity index (χ2v) is 5.92. The first-order valence-electron chi connectivity index (χ1n) is 6.43. The number of aryl methyl sites for hydroxylation is 1. The number of nitrogens with zero attached hydrogens (tertiary/aromatic N) is 2. The normalized spacial score (nSPS) is 24.3. The maximum absolute atomic E-state index is 4.41. The van der Waals surface area contributed by atoms with Crippen molar-refractivity contribution in [2.75, 3.05) is 11.9 Å². The van der Waals surface area contributed by atoms with Crippen molar-refractivity contribution in [2.45, 2.75) is 38.8 Å². The van der Waals surface area contributed by atoms with E-state index in [2.05, 4.69) is 39.8 Å². The monoisotopic (exact) mass is 262 g/mol. The van der Waals surface area contributed by atoms with Crippen molar-refractivity contribution in [3.8, 4) is 0 Å². The molecule has 5 heteroatoms. The summed E-state index contributed by atoms with van der Waals surface area (Å²) in [6.07, 6.45) is 3.96. The molecule has 0 spiro atoms. The summed E-state index contributed by atoms with van der Waals surface area (Å²) in [5.41, 5.74) is 2.32. The fourth-order valence-corrected chi connectivity index (χ4v) is 3.48. The molecule has 1 saturated heterocycles. The first-order valence-corrected chi connectivity index (χ1v) is 7.30. The van der Waals surface area contributed by atoms with Gasteiger partial charge in [0.2, 0.25) is 0 Å². The number of hydrogen-bond donors (Lipinski definition) is 2. The van der Waals surface area contributed by atoms with E-state index in [1.807, 2.05) is 0 Å². The molecule has 96 valence electrons. The predicted octanol–water partition coefficient (Wildman–Crippen LogP) is 2.55. The van der Waals surface area contributed by atoms with Crippen LogP contribution in [0.15, 0.2) is 11.7 Å². The smallest absolute Gasteiger partial charge is 0.147 e. The van der Waals surface area contributed by atoms with Crippen LogP contribution in [0.25, 0.3) is 10.2 Å². The summed E-state index contributed by atoms with van der Waals surface area (Å²) in [7, 11) is 0. The van der Waals surface area contributed by atoms with Crippen LogP contribution in [0.3, 0.4) is 0 Å². The molecule has 0 radical (unpaired) electrons. The Balaban J connectivity index is 1.86.